The zero-order valence-corrected chi connectivity index (χ0v) is 24.9. The normalized spacial score (nSPS) is 14.2. The topological polar surface area (TPSA) is 94.6 Å². The van der Waals surface area contributed by atoms with Gasteiger partial charge in [-0.15, -0.1) is 11.3 Å². The minimum Gasteiger partial charge on any atom is -0.353 e. The van der Waals surface area contributed by atoms with E-state index < -0.39 is 0 Å². The van der Waals surface area contributed by atoms with Gasteiger partial charge < -0.3 is 15.5 Å². The summed E-state index contributed by atoms with van der Waals surface area (Å²) in [5, 5.41) is 8.65. The van der Waals surface area contributed by atoms with E-state index in [0.717, 1.165) is 32.5 Å². The van der Waals surface area contributed by atoms with Crippen LogP contribution in [0.3, 0.4) is 0 Å². The molecule has 3 amide bonds. The Hall–Kier alpha value is -2.98. The van der Waals surface area contributed by atoms with Crippen LogP contribution in [-0.2, 0) is 22.6 Å². The van der Waals surface area contributed by atoms with Gasteiger partial charge in [0.2, 0.25) is 11.8 Å². The molecule has 8 nitrogen and oxygen atoms in total. The summed E-state index contributed by atoms with van der Waals surface area (Å²) < 4.78 is 0. The summed E-state index contributed by atoms with van der Waals surface area (Å²) >= 11 is 13.4. The van der Waals surface area contributed by atoms with Gasteiger partial charge in [0, 0.05) is 42.1 Å². The van der Waals surface area contributed by atoms with Gasteiger partial charge in [0.15, 0.2) is 5.13 Å². The third-order valence-electron chi connectivity index (χ3n) is 6.70. The summed E-state index contributed by atoms with van der Waals surface area (Å²) in [6, 6.07) is 14.9. The minimum absolute atomic E-state index is 0.0823. The molecule has 2 heterocycles. The number of piperidine rings is 1. The summed E-state index contributed by atoms with van der Waals surface area (Å²) in [6.07, 6.45) is 1.95. The molecule has 0 radical (unpaired) electrons. The van der Waals surface area contributed by atoms with Crippen molar-refractivity contribution < 1.29 is 14.4 Å². The van der Waals surface area contributed by atoms with Crippen LogP contribution in [0.5, 0.6) is 0 Å². The first-order chi connectivity index (χ1) is 19.2. The molecule has 0 bridgehead atoms. The predicted octanol–water partition coefficient (Wildman–Crippen LogP) is 5.26. The lowest BCUT2D eigenvalue weighted by Gasteiger charge is -2.32. The van der Waals surface area contributed by atoms with E-state index in [0.29, 0.717) is 15.8 Å². The number of anilines is 1. The molecule has 2 aromatic carbocycles. The third kappa shape index (κ3) is 8.51. The Morgan fingerprint density at radius 3 is 2.48 bits per heavy atom. The van der Waals surface area contributed by atoms with E-state index in [4.69, 9.17) is 23.2 Å². The van der Waals surface area contributed by atoms with Crippen molar-refractivity contribution in [1.29, 1.82) is 0 Å². The number of nitrogens with zero attached hydrogens (tertiary/aromatic N) is 3. The number of likely N-dealkylation sites (tertiary alicyclic amines) is 1. The number of hydrogen-bond acceptors (Lipinski definition) is 6. The highest BCUT2D eigenvalue weighted by Gasteiger charge is 2.25. The van der Waals surface area contributed by atoms with Gasteiger partial charge in [-0.3, -0.25) is 19.3 Å². The molecule has 1 aliphatic heterocycles. The molecule has 0 spiro atoms. The summed E-state index contributed by atoms with van der Waals surface area (Å²) in [6.45, 7) is 6.27. The fourth-order valence-corrected chi connectivity index (χ4v) is 5.80. The first-order valence-electron chi connectivity index (χ1n) is 13.2. The Labute approximate surface area is 248 Å². The Balaban J connectivity index is 1.23. The molecular formula is C29H33Cl2N5O3S. The maximum absolute atomic E-state index is 13.1. The van der Waals surface area contributed by atoms with Crippen molar-refractivity contribution in [2.24, 2.45) is 0 Å². The number of aromatic nitrogens is 1. The first-order valence-corrected chi connectivity index (χ1v) is 14.9. The standard InChI is InChI=1S/C29H33Cl2N5O3S/c1-19(2)36(28(39)24-9-8-21(30)14-25(24)31)17-27(38)34-29-33-23(18-40-29)15-26(37)32-22-10-12-35(13-11-22)16-20-6-4-3-5-7-20/h3-9,14,18-19,22H,10-13,15-17H2,1-2H3,(H,32,37)(H,33,34,38). The lowest BCUT2D eigenvalue weighted by molar-refractivity contribution is -0.121. The van der Waals surface area contributed by atoms with Crippen molar-refractivity contribution in [1.82, 2.24) is 20.1 Å². The molecule has 3 aromatic rings. The van der Waals surface area contributed by atoms with Gasteiger partial charge in [-0.1, -0.05) is 53.5 Å². The van der Waals surface area contributed by atoms with Gasteiger partial charge in [0.25, 0.3) is 5.91 Å². The highest BCUT2D eigenvalue weighted by atomic mass is 35.5. The van der Waals surface area contributed by atoms with Crippen LogP contribution in [0.15, 0.2) is 53.9 Å². The molecule has 40 heavy (non-hydrogen) atoms. The average molecular weight is 603 g/mol. The highest BCUT2D eigenvalue weighted by molar-refractivity contribution is 7.13. The fraction of sp³-hybridized carbons (Fsp3) is 0.379. The van der Waals surface area contributed by atoms with E-state index in [1.54, 1.807) is 17.5 Å². The lowest BCUT2D eigenvalue weighted by atomic mass is 10.0. The van der Waals surface area contributed by atoms with Gasteiger partial charge in [0.05, 0.1) is 22.7 Å². The van der Waals surface area contributed by atoms with Gasteiger partial charge in [-0.05, 0) is 50.5 Å². The van der Waals surface area contributed by atoms with Crippen LogP contribution in [0.25, 0.3) is 0 Å². The predicted molar refractivity (Wildman–Crippen MR) is 160 cm³/mol. The van der Waals surface area contributed by atoms with Crippen LogP contribution in [-0.4, -0.2) is 64.2 Å². The van der Waals surface area contributed by atoms with Crippen molar-refractivity contribution in [3.05, 3.63) is 80.8 Å². The Morgan fingerprint density at radius 1 is 1.07 bits per heavy atom. The van der Waals surface area contributed by atoms with Gasteiger partial charge in [-0.2, -0.15) is 0 Å². The van der Waals surface area contributed by atoms with Gasteiger partial charge >= 0.3 is 0 Å². The molecule has 0 aliphatic carbocycles. The summed E-state index contributed by atoms with van der Waals surface area (Å²) in [5.74, 6) is -0.838. The number of halogens is 2. The number of carbonyl (C=O) groups excluding carboxylic acids is 3. The largest absolute Gasteiger partial charge is 0.353 e. The van der Waals surface area contributed by atoms with Crippen LogP contribution in [0.4, 0.5) is 5.13 Å². The lowest BCUT2D eigenvalue weighted by Crippen LogP contribution is -2.44. The minimum atomic E-state index is -0.389. The molecule has 1 aliphatic rings. The van der Waals surface area contributed by atoms with E-state index in [1.807, 2.05) is 19.9 Å². The molecule has 212 valence electrons. The molecule has 0 atom stereocenters. The molecule has 1 aromatic heterocycles. The molecule has 4 rings (SSSR count). The Bertz CT molecular complexity index is 1330. The van der Waals surface area contributed by atoms with E-state index in [2.05, 4.69) is 44.8 Å². The Kier molecular flexibility index (Phi) is 10.6. The second kappa shape index (κ2) is 14.1. The number of nitrogens with one attached hydrogen (secondary N) is 2. The number of thiazole rings is 1. The van der Waals surface area contributed by atoms with Crippen molar-refractivity contribution in [3.8, 4) is 0 Å². The van der Waals surface area contributed by atoms with E-state index >= 15 is 0 Å². The number of rotatable bonds is 10. The summed E-state index contributed by atoms with van der Waals surface area (Å²) in [4.78, 5) is 46.7. The maximum Gasteiger partial charge on any atom is 0.256 e. The first kappa shape index (κ1) is 30.0. The summed E-state index contributed by atoms with van der Waals surface area (Å²) in [5.41, 5.74) is 2.16. The van der Waals surface area contributed by atoms with Crippen molar-refractivity contribution in [3.63, 3.8) is 0 Å². The summed E-state index contributed by atoms with van der Waals surface area (Å²) in [7, 11) is 0. The number of amides is 3. The van der Waals surface area contributed by atoms with Crippen LogP contribution >= 0.6 is 34.5 Å². The number of hydrogen-bond donors (Lipinski definition) is 2. The molecular weight excluding hydrogens is 569 g/mol. The number of benzene rings is 2. The number of carbonyl (C=O) groups is 3. The average Bonchev–Trinajstić information content (AvgIpc) is 3.34. The van der Waals surface area contributed by atoms with Crippen molar-refractivity contribution in [2.45, 2.75) is 51.7 Å². The van der Waals surface area contributed by atoms with Crippen LogP contribution < -0.4 is 10.6 Å². The van der Waals surface area contributed by atoms with Gasteiger partial charge in [-0.25, -0.2) is 4.98 Å². The highest BCUT2D eigenvalue weighted by Crippen LogP contribution is 2.23. The van der Waals surface area contributed by atoms with Crippen molar-refractivity contribution in [2.75, 3.05) is 25.0 Å². The second-order valence-electron chi connectivity index (χ2n) is 10.1. The maximum atomic E-state index is 13.1. The van der Waals surface area contributed by atoms with Crippen molar-refractivity contribution >= 4 is 57.4 Å². The quantitative estimate of drug-likeness (QED) is 0.330. The van der Waals surface area contributed by atoms with Crippen LogP contribution in [0.1, 0.15) is 48.3 Å². The smallest absolute Gasteiger partial charge is 0.256 e. The fourth-order valence-electron chi connectivity index (χ4n) is 4.59. The second-order valence-corrected chi connectivity index (χ2v) is 11.8. The molecule has 11 heteroatoms. The molecule has 0 saturated carbocycles. The Morgan fingerprint density at radius 2 is 1.80 bits per heavy atom. The molecule has 0 unspecified atom stereocenters. The van der Waals surface area contributed by atoms with E-state index in [9.17, 15) is 14.4 Å². The van der Waals surface area contributed by atoms with Crippen LogP contribution in [0, 0.1) is 0 Å². The van der Waals surface area contributed by atoms with Gasteiger partial charge in [0.1, 0.15) is 6.54 Å². The monoisotopic (exact) mass is 601 g/mol. The molecule has 1 saturated heterocycles. The van der Waals surface area contributed by atoms with E-state index in [1.165, 1.54) is 27.9 Å². The van der Waals surface area contributed by atoms with E-state index in [-0.39, 0.29) is 53.4 Å². The zero-order chi connectivity index (χ0) is 28.6. The SMILES string of the molecule is CC(C)N(CC(=O)Nc1nc(CC(=O)NC2CCN(Cc3ccccc3)CC2)cs1)C(=O)c1ccc(Cl)cc1Cl. The molecule has 1 fully saturated rings. The molecule has 2 N–H and O–H groups in total. The zero-order valence-electron chi connectivity index (χ0n) is 22.5. The van der Waals surface area contributed by atoms with Crippen LogP contribution in [0.2, 0.25) is 10.0 Å². The third-order valence-corrected chi connectivity index (χ3v) is 8.06.